The van der Waals surface area contributed by atoms with Crippen molar-refractivity contribution >= 4 is 23.2 Å². The van der Waals surface area contributed by atoms with Gasteiger partial charge in [0.1, 0.15) is 0 Å². The van der Waals surface area contributed by atoms with E-state index in [0.717, 1.165) is 16.5 Å². The number of rotatable bonds is 5. The lowest BCUT2D eigenvalue weighted by Crippen LogP contribution is -1.86. The molecule has 0 aliphatic rings. The molecule has 0 unspecified atom stereocenters. The molecular formula is C12H16Cl2. The van der Waals surface area contributed by atoms with E-state index >= 15 is 0 Å². The molecule has 1 rings (SSSR count). The number of hydrogen-bond acceptors (Lipinski definition) is 0. The molecular weight excluding hydrogens is 215 g/mol. The van der Waals surface area contributed by atoms with Gasteiger partial charge in [-0.3, -0.25) is 0 Å². The van der Waals surface area contributed by atoms with Crippen LogP contribution in [0.3, 0.4) is 0 Å². The van der Waals surface area contributed by atoms with Crippen LogP contribution in [0.1, 0.15) is 38.2 Å². The molecule has 0 fully saturated rings. The summed E-state index contributed by atoms with van der Waals surface area (Å²) in [5, 5.41) is 1.48. The first-order chi connectivity index (χ1) is 6.72. The largest absolute Gasteiger partial charge is 0.0843 e. The quantitative estimate of drug-likeness (QED) is 0.617. The molecule has 0 heterocycles. The SMILES string of the molecule is CCCCCCc1cc(Cl)cc(Cl)c1. The Hall–Kier alpha value is -0.200. The number of benzene rings is 1. The van der Waals surface area contributed by atoms with Crippen LogP contribution in [-0.4, -0.2) is 0 Å². The van der Waals surface area contributed by atoms with Gasteiger partial charge in [-0.1, -0.05) is 49.4 Å². The molecule has 0 aliphatic carbocycles. The van der Waals surface area contributed by atoms with Crippen LogP contribution in [0.5, 0.6) is 0 Å². The second kappa shape index (κ2) is 6.31. The summed E-state index contributed by atoms with van der Waals surface area (Å²) in [4.78, 5) is 0. The van der Waals surface area contributed by atoms with Crippen LogP contribution < -0.4 is 0 Å². The van der Waals surface area contributed by atoms with Crippen LogP contribution in [0, 0.1) is 0 Å². The minimum atomic E-state index is 0.739. The first kappa shape index (κ1) is 11.9. The molecule has 0 atom stereocenters. The molecule has 0 N–H and O–H groups in total. The summed E-state index contributed by atoms with van der Waals surface area (Å²) in [7, 11) is 0. The van der Waals surface area contributed by atoms with E-state index in [2.05, 4.69) is 6.92 Å². The second-order valence-electron chi connectivity index (χ2n) is 3.59. The minimum absolute atomic E-state index is 0.739. The summed E-state index contributed by atoms with van der Waals surface area (Å²) in [6.45, 7) is 2.22. The van der Waals surface area contributed by atoms with E-state index in [4.69, 9.17) is 23.2 Å². The van der Waals surface area contributed by atoms with Crippen molar-refractivity contribution in [2.75, 3.05) is 0 Å². The third-order valence-corrected chi connectivity index (χ3v) is 2.68. The number of aryl methyl sites for hydroxylation is 1. The maximum Gasteiger partial charge on any atom is 0.0423 e. The number of unbranched alkanes of at least 4 members (excludes halogenated alkanes) is 3. The van der Waals surface area contributed by atoms with E-state index in [-0.39, 0.29) is 0 Å². The molecule has 78 valence electrons. The van der Waals surface area contributed by atoms with Gasteiger partial charge in [-0.05, 0) is 36.6 Å². The van der Waals surface area contributed by atoms with Gasteiger partial charge >= 0.3 is 0 Å². The van der Waals surface area contributed by atoms with E-state index in [9.17, 15) is 0 Å². The summed E-state index contributed by atoms with van der Waals surface area (Å²) < 4.78 is 0. The van der Waals surface area contributed by atoms with Crippen LogP contribution >= 0.6 is 23.2 Å². The molecule has 0 bridgehead atoms. The van der Waals surface area contributed by atoms with Gasteiger partial charge < -0.3 is 0 Å². The van der Waals surface area contributed by atoms with Crippen LogP contribution in [-0.2, 0) is 6.42 Å². The Labute approximate surface area is 96.2 Å². The van der Waals surface area contributed by atoms with Crippen molar-refractivity contribution in [1.82, 2.24) is 0 Å². The van der Waals surface area contributed by atoms with Crippen molar-refractivity contribution in [1.29, 1.82) is 0 Å². The summed E-state index contributed by atoms with van der Waals surface area (Å²) in [5.41, 5.74) is 1.25. The highest BCUT2D eigenvalue weighted by atomic mass is 35.5. The Balaban J connectivity index is 2.42. The van der Waals surface area contributed by atoms with Gasteiger partial charge in [0.05, 0.1) is 0 Å². The number of halogens is 2. The fraction of sp³-hybridized carbons (Fsp3) is 0.500. The first-order valence-corrected chi connectivity index (χ1v) is 5.93. The average Bonchev–Trinajstić information content (AvgIpc) is 2.11. The molecule has 1 aromatic carbocycles. The highest BCUT2D eigenvalue weighted by molar-refractivity contribution is 6.34. The van der Waals surface area contributed by atoms with E-state index < -0.39 is 0 Å². The van der Waals surface area contributed by atoms with Crippen molar-refractivity contribution < 1.29 is 0 Å². The zero-order valence-electron chi connectivity index (χ0n) is 8.52. The average molecular weight is 231 g/mol. The molecule has 0 nitrogen and oxygen atoms in total. The van der Waals surface area contributed by atoms with Crippen molar-refractivity contribution in [2.45, 2.75) is 39.0 Å². The molecule has 0 aromatic heterocycles. The van der Waals surface area contributed by atoms with Gasteiger partial charge in [-0.25, -0.2) is 0 Å². The predicted molar refractivity (Wildman–Crippen MR) is 64.3 cm³/mol. The Morgan fingerprint density at radius 1 is 0.929 bits per heavy atom. The lowest BCUT2D eigenvalue weighted by molar-refractivity contribution is 0.667. The van der Waals surface area contributed by atoms with Crippen LogP contribution in [0.2, 0.25) is 10.0 Å². The molecule has 0 saturated heterocycles. The molecule has 0 amide bonds. The Morgan fingerprint density at radius 3 is 2.14 bits per heavy atom. The molecule has 14 heavy (non-hydrogen) atoms. The van der Waals surface area contributed by atoms with Crippen molar-refractivity contribution in [3.05, 3.63) is 33.8 Å². The fourth-order valence-electron chi connectivity index (χ4n) is 1.51. The van der Waals surface area contributed by atoms with Crippen LogP contribution in [0.15, 0.2) is 18.2 Å². The van der Waals surface area contributed by atoms with Gasteiger partial charge in [-0.2, -0.15) is 0 Å². The zero-order valence-corrected chi connectivity index (χ0v) is 10.0. The van der Waals surface area contributed by atoms with Crippen molar-refractivity contribution in [3.8, 4) is 0 Å². The summed E-state index contributed by atoms with van der Waals surface area (Å²) in [6.07, 6.45) is 6.19. The molecule has 1 aromatic rings. The molecule has 2 heteroatoms. The highest BCUT2D eigenvalue weighted by Gasteiger charge is 1.98. The lowest BCUT2D eigenvalue weighted by Gasteiger charge is -2.02. The first-order valence-electron chi connectivity index (χ1n) is 5.17. The predicted octanol–water partition coefficient (Wildman–Crippen LogP) is 5.12. The Kier molecular flexibility index (Phi) is 5.36. The van der Waals surface area contributed by atoms with E-state index in [1.165, 1.54) is 31.2 Å². The van der Waals surface area contributed by atoms with Crippen LogP contribution in [0.4, 0.5) is 0 Å². The van der Waals surface area contributed by atoms with E-state index in [1.807, 2.05) is 12.1 Å². The van der Waals surface area contributed by atoms with Gasteiger partial charge in [-0.15, -0.1) is 0 Å². The van der Waals surface area contributed by atoms with Gasteiger partial charge in [0, 0.05) is 10.0 Å². The number of hydrogen-bond donors (Lipinski definition) is 0. The zero-order chi connectivity index (χ0) is 10.4. The third kappa shape index (κ3) is 4.34. The third-order valence-electron chi connectivity index (χ3n) is 2.24. The van der Waals surface area contributed by atoms with Crippen molar-refractivity contribution in [2.24, 2.45) is 0 Å². The fourth-order valence-corrected chi connectivity index (χ4v) is 2.08. The van der Waals surface area contributed by atoms with E-state index in [0.29, 0.717) is 0 Å². The van der Waals surface area contributed by atoms with E-state index in [1.54, 1.807) is 6.07 Å². The minimum Gasteiger partial charge on any atom is -0.0843 e. The lowest BCUT2D eigenvalue weighted by atomic mass is 10.1. The normalized spacial score (nSPS) is 10.5. The van der Waals surface area contributed by atoms with Gasteiger partial charge in [0.15, 0.2) is 0 Å². The van der Waals surface area contributed by atoms with Gasteiger partial charge in [0.25, 0.3) is 0 Å². The second-order valence-corrected chi connectivity index (χ2v) is 4.46. The monoisotopic (exact) mass is 230 g/mol. The smallest absolute Gasteiger partial charge is 0.0423 e. The summed E-state index contributed by atoms with van der Waals surface area (Å²) in [6, 6.07) is 5.78. The van der Waals surface area contributed by atoms with Crippen molar-refractivity contribution in [3.63, 3.8) is 0 Å². The highest BCUT2D eigenvalue weighted by Crippen LogP contribution is 2.20. The van der Waals surface area contributed by atoms with Gasteiger partial charge in [0.2, 0.25) is 0 Å². The standard InChI is InChI=1S/C12H16Cl2/c1-2-3-4-5-6-10-7-11(13)9-12(14)8-10/h7-9H,2-6H2,1H3. The maximum atomic E-state index is 5.91. The van der Waals surface area contributed by atoms with Crippen LogP contribution in [0.25, 0.3) is 0 Å². The Bertz CT molecular complexity index is 261. The summed E-state index contributed by atoms with van der Waals surface area (Å²) in [5.74, 6) is 0. The Morgan fingerprint density at radius 2 is 1.57 bits per heavy atom. The maximum absolute atomic E-state index is 5.91. The molecule has 0 radical (unpaired) electrons. The topological polar surface area (TPSA) is 0 Å². The summed E-state index contributed by atoms with van der Waals surface area (Å²) >= 11 is 11.8. The molecule has 0 spiro atoms. The molecule has 0 saturated carbocycles. The molecule has 0 aliphatic heterocycles.